The first-order valence-corrected chi connectivity index (χ1v) is 10.4. The zero-order valence-corrected chi connectivity index (χ0v) is 17.0. The summed E-state index contributed by atoms with van der Waals surface area (Å²) in [6.07, 6.45) is 5.63. The quantitative estimate of drug-likeness (QED) is 0.760. The molecule has 1 saturated heterocycles. The van der Waals surface area contributed by atoms with Gasteiger partial charge >= 0.3 is 0 Å². The first-order valence-electron chi connectivity index (χ1n) is 9.48. The smallest absolute Gasteiger partial charge is 0.275 e. The second-order valence-corrected chi connectivity index (χ2v) is 8.04. The molecule has 2 aromatic heterocycles. The number of aryl methyl sites for hydroxylation is 1. The molecule has 2 aromatic rings. The Kier molecular flexibility index (Phi) is 5.84. The molecule has 2 aliphatic heterocycles. The second kappa shape index (κ2) is 8.54. The highest BCUT2D eigenvalue weighted by Gasteiger charge is 2.30. The summed E-state index contributed by atoms with van der Waals surface area (Å²) in [5, 5.41) is 9.10. The van der Waals surface area contributed by atoms with Crippen LogP contribution in [-0.4, -0.2) is 51.6 Å². The van der Waals surface area contributed by atoms with E-state index in [-0.39, 0.29) is 18.2 Å². The zero-order chi connectivity index (χ0) is 21.3. The van der Waals surface area contributed by atoms with Crippen LogP contribution in [-0.2, 0) is 16.6 Å². The number of amides is 2. The van der Waals surface area contributed by atoms with E-state index in [0.717, 1.165) is 0 Å². The number of carbonyl (C=O) groups is 2. The number of hydrogen-bond donors (Lipinski definition) is 2. The van der Waals surface area contributed by atoms with E-state index in [9.17, 15) is 14.0 Å². The van der Waals surface area contributed by atoms with Crippen LogP contribution in [0.5, 0.6) is 0 Å². The molecule has 0 radical (unpaired) electrons. The lowest BCUT2D eigenvalue weighted by molar-refractivity contribution is -0.118. The van der Waals surface area contributed by atoms with Crippen LogP contribution in [0.3, 0.4) is 0 Å². The number of hydrogen-bond acceptors (Lipinski definition) is 7. The minimum absolute atomic E-state index is 0.106. The van der Waals surface area contributed by atoms with Crippen molar-refractivity contribution >= 4 is 35.1 Å². The van der Waals surface area contributed by atoms with Crippen LogP contribution in [0.1, 0.15) is 46.1 Å². The number of ether oxygens (including phenoxy) is 1. The van der Waals surface area contributed by atoms with Crippen molar-refractivity contribution in [3.05, 3.63) is 40.1 Å². The molecule has 2 aliphatic rings. The third-order valence-electron chi connectivity index (χ3n) is 5.10. The molecule has 0 bridgehead atoms. The highest BCUT2D eigenvalue weighted by Crippen LogP contribution is 2.33. The Hall–Kier alpha value is -2.76. The molecular weight excluding hydrogens is 411 g/mol. The van der Waals surface area contributed by atoms with Gasteiger partial charge in [0.25, 0.3) is 11.8 Å². The first-order chi connectivity index (χ1) is 14.4. The van der Waals surface area contributed by atoms with Gasteiger partial charge in [-0.3, -0.25) is 14.3 Å². The molecule has 4 rings (SSSR count). The molecule has 158 valence electrons. The number of carbonyl (C=O) groups excluding carboxylic acids is 2. The SMILES string of the molecule is Cn1ncc(NC(=O)c2csc(C3C=CC=NC3=O)n2)c1[C@@H]1CC[C@@H](N)[C@H](F)CO1. The van der Waals surface area contributed by atoms with Crippen molar-refractivity contribution in [1.82, 2.24) is 14.8 Å². The van der Waals surface area contributed by atoms with Crippen molar-refractivity contribution in [2.75, 3.05) is 11.9 Å². The standard InChI is InChI=1S/C19H21FN6O3S/c1-26-16(15-5-4-12(21)11(20)8-29-15)13(7-23-26)24-18(28)14-9-30-19(25-14)10-3-2-6-22-17(10)27/h2-3,6-7,9-12,15H,4-5,8,21H2,1H3,(H,24,28)/t10?,11-,12-,15+/m1/s1. The highest BCUT2D eigenvalue weighted by atomic mass is 32.1. The van der Waals surface area contributed by atoms with Crippen LogP contribution >= 0.6 is 11.3 Å². The molecule has 4 atom stereocenters. The second-order valence-electron chi connectivity index (χ2n) is 7.15. The van der Waals surface area contributed by atoms with Crippen LogP contribution in [0.4, 0.5) is 10.1 Å². The van der Waals surface area contributed by atoms with Crippen molar-refractivity contribution in [2.24, 2.45) is 17.8 Å². The lowest BCUT2D eigenvalue weighted by atomic mass is 10.0. The van der Waals surface area contributed by atoms with E-state index < -0.39 is 30.1 Å². The molecule has 9 nitrogen and oxygen atoms in total. The van der Waals surface area contributed by atoms with Crippen LogP contribution in [0.25, 0.3) is 0 Å². The summed E-state index contributed by atoms with van der Waals surface area (Å²) < 4.78 is 21.2. The Balaban J connectivity index is 1.50. The van der Waals surface area contributed by atoms with Gasteiger partial charge in [0.2, 0.25) is 0 Å². The number of halogens is 1. The fourth-order valence-electron chi connectivity index (χ4n) is 3.43. The predicted octanol–water partition coefficient (Wildman–Crippen LogP) is 1.90. The molecule has 0 aromatic carbocycles. The summed E-state index contributed by atoms with van der Waals surface area (Å²) in [5.41, 5.74) is 7.10. The third kappa shape index (κ3) is 4.09. The van der Waals surface area contributed by atoms with E-state index in [1.807, 2.05) is 0 Å². The number of thiazole rings is 1. The van der Waals surface area contributed by atoms with Gasteiger partial charge in [0, 0.05) is 24.7 Å². The number of allylic oxidation sites excluding steroid dienone is 1. The lowest BCUT2D eigenvalue weighted by Gasteiger charge is -2.17. The van der Waals surface area contributed by atoms with E-state index in [2.05, 4.69) is 20.4 Å². The summed E-state index contributed by atoms with van der Waals surface area (Å²) in [4.78, 5) is 32.7. The predicted molar refractivity (Wildman–Crippen MR) is 109 cm³/mol. The number of alkyl halides is 1. The van der Waals surface area contributed by atoms with Crippen LogP contribution < -0.4 is 11.1 Å². The fraction of sp³-hybridized carbons (Fsp3) is 0.421. The molecule has 0 spiro atoms. The Morgan fingerprint density at radius 1 is 1.43 bits per heavy atom. The molecular formula is C19H21FN6O3S. The minimum Gasteiger partial charge on any atom is -0.369 e. The van der Waals surface area contributed by atoms with Gasteiger partial charge in [0.1, 0.15) is 28.9 Å². The summed E-state index contributed by atoms with van der Waals surface area (Å²) in [7, 11) is 1.73. The van der Waals surface area contributed by atoms with Gasteiger partial charge in [-0.1, -0.05) is 6.08 Å². The van der Waals surface area contributed by atoms with Gasteiger partial charge in [-0.25, -0.2) is 14.4 Å². The number of nitrogens with two attached hydrogens (primary N) is 1. The molecule has 11 heteroatoms. The summed E-state index contributed by atoms with van der Waals surface area (Å²) >= 11 is 1.22. The van der Waals surface area contributed by atoms with Crippen molar-refractivity contribution in [3.8, 4) is 0 Å². The summed E-state index contributed by atoms with van der Waals surface area (Å²) in [5.74, 6) is -1.33. The van der Waals surface area contributed by atoms with Crippen molar-refractivity contribution < 1.29 is 18.7 Å². The third-order valence-corrected chi connectivity index (χ3v) is 6.03. The number of dihydropyridines is 1. The Bertz CT molecular complexity index is 1000. The van der Waals surface area contributed by atoms with Gasteiger partial charge in [-0.15, -0.1) is 11.3 Å². The first kappa shape index (κ1) is 20.5. The number of nitrogens with zero attached hydrogens (tertiary/aromatic N) is 4. The van der Waals surface area contributed by atoms with Crippen molar-refractivity contribution in [1.29, 1.82) is 0 Å². The largest absolute Gasteiger partial charge is 0.369 e. The number of rotatable bonds is 4. The number of aliphatic imine (C=N–C) groups is 1. The number of anilines is 1. The Morgan fingerprint density at radius 2 is 2.27 bits per heavy atom. The molecule has 0 saturated carbocycles. The summed E-state index contributed by atoms with van der Waals surface area (Å²) in [6.45, 7) is -0.106. The number of aromatic nitrogens is 3. The molecule has 30 heavy (non-hydrogen) atoms. The lowest BCUT2D eigenvalue weighted by Crippen LogP contribution is -2.32. The van der Waals surface area contributed by atoms with Crippen LogP contribution in [0.2, 0.25) is 0 Å². The van der Waals surface area contributed by atoms with Crippen molar-refractivity contribution in [2.45, 2.75) is 37.1 Å². The van der Waals surface area contributed by atoms with Gasteiger partial charge in [-0.2, -0.15) is 5.10 Å². The zero-order valence-electron chi connectivity index (χ0n) is 16.2. The van der Waals surface area contributed by atoms with Crippen molar-refractivity contribution in [3.63, 3.8) is 0 Å². The number of nitrogens with one attached hydrogen (secondary N) is 1. The van der Waals surface area contributed by atoms with Gasteiger partial charge in [0.15, 0.2) is 0 Å². The van der Waals surface area contributed by atoms with Gasteiger partial charge in [0.05, 0.1) is 24.2 Å². The van der Waals surface area contributed by atoms with Gasteiger partial charge < -0.3 is 15.8 Å². The molecule has 3 N–H and O–H groups in total. The molecule has 0 aliphatic carbocycles. The van der Waals surface area contributed by atoms with E-state index >= 15 is 0 Å². The molecule has 1 unspecified atom stereocenters. The topological polar surface area (TPSA) is 124 Å². The Morgan fingerprint density at radius 3 is 3.07 bits per heavy atom. The monoisotopic (exact) mass is 432 g/mol. The normalized spacial score (nSPS) is 26.6. The highest BCUT2D eigenvalue weighted by molar-refractivity contribution is 7.10. The van der Waals surface area contributed by atoms with E-state index in [1.54, 1.807) is 29.3 Å². The molecule has 2 amide bonds. The van der Waals surface area contributed by atoms with E-state index in [1.165, 1.54) is 23.7 Å². The molecule has 4 heterocycles. The maximum absolute atomic E-state index is 13.9. The molecule has 1 fully saturated rings. The average Bonchev–Trinajstić information content (AvgIpc) is 3.32. The minimum atomic E-state index is -1.23. The van der Waals surface area contributed by atoms with Crippen LogP contribution in [0.15, 0.2) is 28.7 Å². The van der Waals surface area contributed by atoms with E-state index in [4.69, 9.17) is 10.5 Å². The van der Waals surface area contributed by atoms with Gasteiger partial charge in [-0.05, 0) is 18.9 Å². The summed E-state index contributed by atoms with van der Waals surface area (Å²) in [6, 6.07) is -0.574. The maximum Gasteiger partial charge on any atom is 0.275 e. The average molecular weight is 432 g/mol. The van der Waals surface area contributed by atoms with E-state index in [0.29, 0.717) is 29.2 Å². The maximum atomic E-state index is 13.9. The fourth-order valence-corrected chi connectivity index (χ4v) is 4.30. The Labute approximate surface area is 175 Å². The van der Waals surface area contributed by atoms with Crippen LogP contribution in [0, 0.1) is 0 Å².